The summed E-state index contributed by atoms with van der Waals surface area (Å²) in [6.07, 6.45) is 1.36. The van der Waals surface area contributed by atoms with Crippen LogP contribution in [0.4, 0.5) is 5.69 Å². The number of carbonyl (C=O) groups is 3. The second-order valence-corrected chi connectivity index (χ2v) is 8.63. The second kappa shape index (κ2) is 14.4. The normalized spacial score (nSPS) is 10.5. The Kier molecular flexibility index (Phi) is 10.7. The number of carbonyl (C=O) groups excluding carboxylic acids is 3. The first kappa shape index (κ1) is 28.2. The Labute approximate surface area is 228 Å². The fourth-order valence-corrected chi connectivity index (χ4v) is 3.35. The van der Waals surface area contributed by atoms with Gasteiger partial charge in [0.15, 0.2) is 18.1 Å². The molecule has 0 fully saturated rings. The molecule has 11 heteroatoms. The summed E-state index contributed by atoms with van der Waals surface area (Å²) < 4.78 is 17.2. The Bertz CT molecular complexity index is 1280. The summed E-state index contributed by atoms with van der Waals surface area (Å²) in [6.45, 7) is 2.15. The molecule has 0 spiro atoms. The van der Waals surface area contributed by atoms with Crippen molar-refractivity contribution in [3.8, 4) is 17.2 Å². The molecule has 198 valence electrons. The van der Waals surface area contributed by atoms with E-state index in [1.807, 2.05) is 19.1 Å². The minimum atomic E-state index is -0.906. The zero-order valence-electron chi connectivity index (χ0n) is 20.8. The summed E-state index contributed by atoms with van der Waals surface area (Å²) in [7, 11) is 1.56. The Morgan fingerprint density at radius 3 is 2.34 bits per heavy atom. The molecular formula is C27H27BrN4O6. The molecule has 3 aromatic carbocycles. The minimum Gasteiger partial charge on any atom is -0.497 e. The van der Waals surface area contributed by atoms with Gasteiger partial charge in [0.2, 0.25) is 0 Å². The monoisotopic (exact) mass is 582 g/mol. The molecule has 0 saturated heterocycles. The van der Waals surface area contributed by atoms with E-state index in [0.29, 0.717) is 35.1 Å². The van der Waals surface area contributed by atoms with Crippen LogP contribution in [-0.2, 0) is 20.9 Å². The molecule has 3 aromatic rings. The van der Waals surface area contributed by atoms with Crippen LogP contribution in [0.3, 0.4) is 0 Å². The van der Waals surface area contributed by atoms with E-state index in [2.05, 4.69) is 37.1 Å². The number of hydrogen-bond donors (Lipinski definition) is 3. The van der Waals surface area contributed by atoms with Crippen LogP contribution in [0.1, 0.15) is 18.1 Å². The summed E-state index contributed by atoms with van der Waals surface area (Å²) in [5, 5.41) is 9.10. The van der Waals surface area contributed by atoms with Gasteiger partial charge in [-0.15, -0.1) is 0 Å². The summed E-state index contributed by atoms with van der Waals surface area (Å²) in [4.78, 5) is 36.3. The van der Waals surface area contributed by atoms with Crippen LogP contribution in [0.25, 0.3) is 0 Å². The predicted molar refractivity (Wildman–Crippen MR) is 146 cm³/mol. The number of anilines is 1. The number of hydrogen-bond acceptors (Lipinski definition) is 7. The largest absolute Gasteiger partial charge is 0.497 e. The van der Waals surface area contributed by atoms with Crippen molar-refractivity contribution >= 4 is 45.6 Å². The maximum Gasteiger partial charge on any atom is 0.329 e. The number of nitrogens with one attached hydrogen (secondary N) is 3. The van der Waals surface area contributed by atoms with E-state index in [-0.39, 0.29) is 19.1 Å². The maximum atomic E-state index is 12.2. The number of rotatable bonds is 11. The average Bonchev–Trinajstić information content (AvgIpc) is 2.93. The first-order valence-corrected chi connectivity index (χ1v) is 12.4. The van der Waals surface area contributed by atoms with E-state index in [0.717, 1.165) is 10.0 Å². The van der Waals surface area contributed by atoms with Crippen LogP contribution in [0.2, 0.25) is 0 Å². The van der Waals surface area contributed by atoms with Gasteiger partial charge in [0.1, 0.15) is 5.75 Å². The van der Waals surface area contributed by atoms with Crippen molar-refractivity contribution in [1.29, 1.82) is 0 Å². The van der Waals surface area contributed by atoms with E-state index in [9.17, 15) is 14.4 Å². The van der Waals surface area contributed by atoms with Gasteiger partial charge in [0, 0.05) is 16.7 Å². The number of methoxy groups -OCH3 is 1. The number of benzene rings is 3. The van der Waals surface area contributed by atoms with Crippen molar-refractivity contribution in [1.82, 2.24) is 10.7 Å². The molecule has 0 saturated carbocycles. The molecule has 0 aliphatic carbocycles. The number of halogens is 1. The van der Waals surface area contributed by atoms with Crippen LogP contribution < -0.4 is 30.3 Å². The van der Waals surface area contributed by atoms with Gasteiger partial charge in [0.25, 0.3) is 5.91 Å². The first-order valence-electron chi connectivity index (χ1n) is 11.6. The number of nitrogens with zero attached hydrogens (tertiary/aromatic N) is 1. The molecule has 0 bridgehead atoms. The molecule has 10 nitrogen and oxygen atoms in total. The van der Waals surface area contributed by atoms with Gasteiger partial charge in [-0.25, -0.2) is 5.43 Å². The molecule has 0 aromatic heterocycles. The Morgan fingerprint density at radius 1 is 0.921 bits per heavy atom. The van der Waals surface area contributed by atoms with Gasteiger partial charge < -0.3 is 24.8 Å². The van der Waals surface area contributed by atoms with Gasteiger partial charge >= 0.3 is 11.8 Å². The molecule has 0 unspecified atom stereocenters. The van der Waals surface area contributed by atoms with Crippen LogP contribution in [-0.4, -0.2) is 44.3 Å². The molecule has 3 amide bonds. The van der Waals surface area contributed by atoms with E-state index >= 15 is 0 Å². The van der Waals surface area contributed by atoms with E-state index in [1.54, 1.807) is 61.7 Å². The molecule has 0 aliphatic heterocycles. The Balaban J connectivity index is 1.50. The smallest absolute Gasteiger partial charge is 0.329 e. The molecule has 0 atom stereocenters. The zero-order chi connectivity index (χ0) is 27.3. The van der Waals surface area contributed by atoms with Gasteiger partial charge in [-0.3, -0.25) is 14.4 Å². The van der Waals surface area contributed by atoms with Gasteiger partial charge in [-0.2, -0.15) is 5.10 Å². The summed E-state index contributed by atoms with van der Waals surface area (Å²) in [5.41, 5.74) is 4.23. The highest BCUT2D eigenvalue weighted by Gasteiger charge is 2.13. The molecule has 3 rings (SSSR count). The summed E-state index contributed by atoms with van der Waals surface area (Å²) in [5.74, 6) is -0.585. The van der Waals surface area contributed by atoms with Gasteiger partial charge in [0.05, 0.1) is 19.9 Å². The summed E-state index contributed by atoms with van der Waals surface area (Å²) >= 11 is 3.35. The fraction of sp³-hybridized carbons (Fsp3) is 0.185. The lowest BCUT2D eigenvalue weighted by atomic mass is 10.2. The van der Waals surface area contributed by atoms with Crippen molar-refractivity contribution in [3.63, 3.8) is 0 Å². The van der Waals surface area contributed by atoms with Crippen molar-refractivity contribution in [2.45, 2.75) is 13.5 Å². The van der Waals surface area contributed by atoms with Crippen molar-refractivity contribution in [2.75, 3.05) is 25.6 Å². The van der Waals surface area contributed by atoms with Gasteiger partial charge in [-0.1, -0.05) is 28.1 Å². The quantitative estimate of drug-likeness (QED) is 0.180. The third-order valence-electron chi connectivity index (χ3n) is 4.95. The number of hydrazone groups is 1. The van der Waals surface area contributed by atoms with Crippen LogP contribution in [0, 0.1) is 0 Å². The zero-order valence-corrected chi connectivity index (χ0v) is 22.4. The van der Waals surface area contributed by atoms with Crippen LogP contribution in [0.15, 0.2) is 76.3 Å². The Hall–Kier alpha value is -4.38. The van der Waals surface area contributed by atoms with Crippen molar-refractivity contribution in [3.05, 3.63) is 82.3 Å². The number of amides is 3. The predicted octanol–water partition coefficient (Wildman–Crippen LogP) is 3.64. The fourth-order valence-electron chi connectivity index (χ4n) is 3.09. The molecule has 0 heterocycles. The van der Waals surface area contributed by atoms with Gasteiger partial charge in [-0.05, 0) is 72.6 Å². The number of ether oxygens (including phenoxy) is 3. The lowest BCUT2D eigenvalue weighted by Gasteiger charge is -2.12. The SMILES string of the molecule is CCOc1cc(/C=N\NC(=O)C(=O)NCc2ccc(OC)cc2)ccc1OCC(=O)Nc1ccc(Br)cc1. The molecule has 0 radical (unpaired) electrons. The van der Waals surface area contributed by atoms with Crippen molar-refractivity contribution < 1.29 is 28.6 Å². The maximum absolute atomic E-state index is 12.2. The van der Waals surface area contributed by atoms with Crippen molar-refractivity contribution in [2.24, 2.45) is 5.10 Å². The second-order valence-electron chi connectivity index (χ2n) is 7.71. The average molecular weight is 583 g/mol. The standard InChI is InChI=1S/C27H27BrN4O6/c1-3-37-24-14-19(6-13-23(24)38-17-25(33)31-21-9-7-20(28)8-10-21)16-30-32-27(35)26(34)29-15-18-4-11-22(36-2)12-5-18/h4-14,16H,3,15,17H2,1-2H3,(H,29,34)(H,31,33)(H,32,35)/b30-16-. The Morgan fingerprint density at radius 2 is 1.66 bits per heavy atom. The first-order chi connectivity index (χ1) is 18.4. The molecule has 38 heavy (non-hydrogen) atoms. The van der Waals surface area contributed by atoms with Crippen LogP contribution >= 0.6 is 15.9 Å². The molecule has 0 aliphatic rings. The summed E-state index contributed by atoms with van der Waals surface area (Å²) in [6, 6.07) is 19.2. The molecular weight excluding hydrogens is 556 g/mol. The van der Waals surface area contributed by atoms with E-state index in [1.165, 1.54) is 6.21 Å². The highest BCUT2D eigenvalue weighted by molar-refractivity contribution is 9.10. The molecule has 3 N–H and O–H groups in total. The minimum absolute atomic E-state index is 0.181. The highest BCUT2D eigenvalue weighted by atomic mass is 79.9. The van der Waals surface area contributed by atoms with Crippen LogP contribution in [0.5, 0.6) is 17.2 Å². The van der Waals surface area contributed by atoms with E-state index < -0.39 is 11.8 Å². The van der Waals surface area contributed by atoms with E-state index in [4.69, 9.17) is 14.2 Å². The highest BCUT2D eigenvalue weighted by Crippen LogP contribution is 2.28. The third-order valence-corrected chi connectivity index (χ3v) is 5.48. The third kappa shape index (κ3) is 8.93. The lowest BCUT2D eigenvalue weighted by molar-refractivity contribution is -0.139. The topological polar surface area (TPSA) is 127 Å². The lowest BCUT2D eigenvalue weighted by Crippen LogP contribution is -2.37.